The minimum atomic E-state index is -3.69. The Morgan fingerprint density at radius 2 is 2.09 bits per heavy atom. The molecule has 0 spiro atoms. The van der Waals surface area contributed by atoms with Gasteiger partial charge in [-0.05, 0) is 55.4 Å². The van der Waals surface area contributed by atoms with Crippen LogP contribution in [0.25, 0.3) is 0 Å². The Bertz CT molecular complexity index is 619. The molecule has 0 bridgehead atoms. The van der Waals surface area contributed by atoms with Crippen molar-refractivity contribution in [1.29, 1.82) is 0 Å². The van der Waals surface area contributed by atoms with Crippen LogP contribution >= 0.6 is 11.6 Å². The highest BCUT2D eigenvalue weighted by atomic mass is 35.5. The highest BCUT2D eigenvalue weighted by Gasteiger charge is 2.25. The maximum absolute atomic E-state index is 12.3. The third-order valence-corrected chi connectivity index (χ3v) is 5.41. The Kier molecular flexibility index (Phi) is 5.75. The highest BCUT2D eigenvalue weighted by molar-refractivity contribution is 7.87. The van der Waals surface area contributed by atoms with Gasteiger partial charge in [0.2, 0.25) is 0 Å². The first-order valence-electron chi connectivity index (χ1n) is 7.62. The van der Waals surface area contributed by atoms with Crippen molar-refractivity contribution in [1.82, 2.24) is 0 Å². The lowest BCUT2D eigenvalue weighted by Crippen LogP contribution is -2.30. The van der Waals surface area contributed by atoms with Crippen LogP contribution in [0.5, 0.6) is 5.75 Å². The van der Waals surface area contributed by atoms with E-state index in [9.17, 15) is 8.42 Å². The van der Waals surface area contributed by atoms with Gasteiger partial charge in [0.25, 0.3) is 0 Å². The van der Waals surface area contributed by atoms with Gasteiger partial charge in [0.15, 0.2) is 0 Å². The van der Waals surface area contributed by atoms with Crippen LogP contribution in [0, 0.1) is 6.92 Å². The van der Waals surface area contributed by atoms with Crippen molar-refractivity contribution in [2.24, 2.45) is 0 Å². The van der Waals surface area contributed by atoms with Crippen LogP contribution in [0.1, 0.15) is 50.2 Å². The van der Waals surface area contributed by atoms with Crippen LogP contribution in [0.2, 0.25) is 5.02 Å². The fraction of sp³-hybridized carbons (Fsp3) is 0.625. The van der Waals surface area contributed by atoms with Gasteiger partial charge >= 0.3 is 10.1 Å². The predicted molar refractivity (Wildman–Crippen MR) is 88.3 cm³/mol. The molecule has 2 rings (SSSR count). The van der Waals surface area contributed by atoms with Crippen LogP contribution in [0.4, 0.5) is 0 Å². The van der Waals surface area contributed by atoms with E-state index in [1.54, 1.807) is 12.1 Å². The van der Waals surface area contributed by atoms with Crippen molar-refractivity contribution >= 4 is 21.7 Å². The molecule has 1 aromatic carbocycles. The van der Waals surface area contributed by atoms with E-state index in [2.05, 4.69) is 0 Å². The standard InChI is InChI=1S/C16H23ClO4S/c1-11(2)14-9-15(17)12(3)8-16(14)21-22(18,19)10-13-6-4-5-7-20-13/h8-9,11,13H,4-7,10H2,1-3H3. The SMILES string of the molecule is Cc1cc(OS(=O)(=O)CC2CCCCO2)c(C(C)C)cc1Cl. The smallest absolute Gasteiger partial charge is 0.311 e. The summed E-state index contributed by atoms with van der Waals surface area (Å²) in [5.74, 6) is 0.383. The van der Waals surface area contributed by atoms with Gasteiger partial charge in [-0.2, -0.15) is 8.42 Å². The second kappa shape index (κ2) is 7.20. The zero-order chi connectivity index (χ0) is 16.3. The zero-order valence-electron chi connectivity index (χ0n) is 13.3. The summed E-state index contributed by atoms with van der Waals surface area (Å²) in [4.78, 5) is 0. The molecule has 1 aromatic rings. The Hall–Kier alpha value is -0.780. The average Bonchev–Trinajstić information content (AvgIpc) is 2.42. The van der Waals surface area contributed by atoms with Crippen LogP contribution in [-0.2, 0) is 14.9 Å². The van der Waals surface area contributed by atoms with Crippen molar-refractivity contribution in [3.8, 4) is 5.75 Å². The summed E-state index contributed by atoms with van der Waals surface area (Å²) in [6, 6.07) is 3.47. The minimum Gasteiger partial charge on any atom is -0.382 e. The van der Waals surface area contributed by atoms with Gasteiger partial charge in [-0.15, -0.1) is 0 Å². The maximum Gasteiger partial charge on any atom is 0.311 e. The minimum absolute atomic E-state index is 0.105. The van der Waals surface area contributed by atoms with Gasteiger partial charge in [-0.1, -0.05) is 25.4 Å². The highest BCUT2D eigenvalue weighted by Crippen LogP contribution is 2.33. The van der Waals surface area contributed by atoms with Crippen molar-refractivity contribution in [3.05, 3.63) is 28.3 Å². The van der Waals surface area contributed by atoms with Crippen molar-refractivity contribution in [2.75, 3.05) is 12.4 Å². The summed E-state index contributed by atoms with van der Waals surface area (Å²) in [5.41, 5.74) is 1.59. The summed E-state index contributed by atoms with van der Waals surface area (Å²) in [6.45, 7) is 6.41. The summed E-state index contributed by atoms with van der Waals surface area (Å²) in [7, 11) is -3.69. The van der Waals surface area contributed by atoms with E-state index in [1.165, 1.54) is 0 Å². The number of halogens is 1. The molecule has 0 radical (unpaired) electrons. The molecule has 22 heavy (non-hydrogen) atoms. The first kappa shape index (κ1) is 17.6. The molecule has 1 aliphatic rings. The molecule has 1 aliphatic heterocycles. The number of ether oxygens (including phenoxy) is 1. The van der Waals surface area contributed by atoms with Gasteiger partial charge < -0.3 is 8.92 Å². The molecule has 0 aromatic heterocycles. The monoisotopic (exact) mass is 346 g/mol. The molecule has 1 saturated heterocycles. The van der Waals surface area contributed by atoms with E-state index >= 15 is 0 Å². The molecular formula is C16H23ClO4S. The zero-order valence-corrected chi connectivity index (χ0v) is 14.8. The van der Waals surface area contributed by atoms with Gasteiger partial charge in [0, 0.05) is 11.6 Å². The van der Waals surface area contributed by atoms with Crippen LogP contribution in [0.15, 0.2) is 12.1 Å². The second-order valence-corrected chi connectivity index (χ2v) is 8.11. The van der Waals surface area contributed by atoms with E-state index in [0.29, 0.717) is 17.4 Å². The number of hydrogen-bond donors (Lipinski definition) is 0. The van der Waals surface area contributed by atoms with Gasteiger partial charge in [-0.3, -0.25) is 0 Å². The largest absolute Gasteiger partial charge is 0.382 e. The second-order valence-electron chi connectivity index (χ2n) is 6.09. The molecule has 0 N–H and O–H groups in total. The van der Waals surface area contributed by atoms with Gasteiger partial charge in [-0.25, -0.2) is 0 Å². The topological polar surface area (TPSA) is 52.6 Å². The van der Waals surface area contributed by atoms with Crippen molar-refractivity contribution in [2.45, 2.75) is 52.1 Å². The molecule has 6 heteroatoms. The molecule has 1 unspecified atom stereocenters. The molecule has 1 heterocycles. The van der Waals surface area contributed by atoms with E-state index in [1.807, 2.05) is 20.8 Å². The Morgan fingerprint density at radius 1 is 1.36 bits per heavy atom. The third kappa shape index (κ3) is 4.61. The Labute approximate surface area is 137 Å². The summed E-state index contributed by atoms with van der Waals surface area (Å²) in [5, 5.41) is 0.615. The van der Waals surface area contributed by atoms with Gasteiger partial charge in [0.1, 0.15) is 11.5 Å². The van der Waals surface area contributed by atoms with Gasteiger partial charge in [0.05, 0.1) is 6.10 Å². The van der Waals surface area contributed by atoms with E-state index < -0.39 is 10.1 Å². The Morgan fingerprint density at radius 3 is 2.68 bits per heavy atom. The number of hydrogen-bond acceptors (Lipinski definition) is 4. The normalized spacial score (nSPS) is 19.4. The average molecular weight is 347 g/mol. The van der Waals surface area contributed by atoms with Crippen molar-refractivity contribution in [3.63, 3.8) is 0 Å². The van der Waals surface area contributed by atoms with E-state index in [4.69, 9.17) is 20.5 Å². The first-order valence-corrected chi connectivity index (χ1v) is 9.58. The Balaban J connectivity index is 2.19. The van der Waals surface area contributed by atoms with Crippen LogP contribution in [0.3, 0.4) is 0 Å². The van der Waals surface area contributed by atoms with Crippen LogP contribution in [-0.4, -0.2) is 26.9 Å². The summed E-state index contributed by atoms with van der Waals surface area (Å²) >= 11 is 6.13. The number of rotatable bonds is 5. The molecule has 124 valence electrons. The lowest BCUT2D eigenvalue weighted by Gasteiger charge is -2.23. The lowest BCUT2D eigenvalue weighted by atomic mass is 10.0. The lowest BCUT2D eigenvalue weighted by molar-refractivity contribution is 0.0298. The molecular weight excluding hydrogens is 324 g/mol. The molecule has 4 nitrogen and oxygen atoms in total. The maximum atomic E-state index is 12.3. The molecule has 0 saturated carbocycles. The number of aryl methyl sites for hydroxylation is 1. The number of benzene rings is 1. The quantitative estimate of drug-likeness (QED) is 0.755. The van der Waals surface area contributed by atoms with Crippen molar-refractivity contribution < 1.29 is 17.3 Å². The molecule has 1 fully saturated rings. The first-order chi connectivity index (χ1) is 10.3. The fourth-order valence-electron chi connectivity index (χ4n) is 2.53. The third-order valence-electron chi connectivity index (χ3n) is 3.79. The molecule has 1 atom stereocenters. The summed E-state index contributed by atoms with van der Waals surface area (Å²) in [6.07, 6.45) is 2.48. The molecule has 0 aliphatic carbocycles. The van der Waals surface area contributed by atoms with E-state index in [-0.39, 0.29) is 17.8 Å². The summed E-state index contributed by atoms with van der Waals surface area (Å²) < 4.78 is 35.5. The molecule has 0 amide bonds. The van der Waals surface area contributed by atoms with E-state index in [0.717, 1.165) is 30.4 Å². The predicted octanol–water partition coefficient (Wildman–Crippen LogP) is 4.05. The fourth-order valence-corrected chi connectivity index (χ4v) is 3.91. The van der Waals surface area contributed by atoms with Crippen LogP contribution < -0.4 is 4.18 Å².